The van der Waals surface area contributed by atoms with E-state index in [1.165, 1.54) is 10.7 Å². The minimum atomic E-state index is -4.00. The van der Waals surface area contributed by atoms with E-state index in [-0.39, 0.29) is 40.4 Å². The van der Waals surface area contributed by atoms with Gasteiger partial charge in [0, 0.05) is 50.0 Å². The van der Waals surface area contributed by atoms with Gasteiger partial charge in [-0.15, -0.1) is 15.3 Å². The van der Waals surface area contributed by atoms with Crippen LogP contribution in [0.25, 0.3) is 16.0 Å². The van der Waals surface area contributed by atoms with Crippen molar-refractivity contribution in [3.63, 3.8) is 0 Å². The largest absolute Gasteiger partial charge is 0.473 e. The molecule has 252 valence electrons. The number of nitrogens with one attached hydrogen (secondary N) is 1. The number of piperidine rings is 2. The number of aromatic nitrogens is 4. The topological polar surface area (TPSA) is 105 Å². The van der Waals surface area contributed by atoms with Gasteiger partial charge in [-0.05, 0) is 77.5 Å². The summed E-state index contributed by atoms with van der Waals surface area (Å²) in [5, 5.41) is 12.5. The second kappa shape index (κ2) is 10.7. The van der Waals surface area contributed by atoms with Crippen molar-refractivity contribution in [3.8, 4) is 11.0 Å². The Hall–Kier alpha value is -2.56. The van der Waals surface area contributed by atoms with E-state index < -0.39 is 38.3 Å². The number of rotatable bonds is 8. The van der Waals surface area contributed by atoms with Gasteiger partial charge in [-0.3, -0.25) is 0 Å². The Labute approximate surface area is 269 Å². The molecule has 1 spiro atoms. The van der Waals surface area contributed by atoms with Crippen LogP contribution in [-0.4, -0.2) is 83.1 Å². The van der Waals surface area contributed by atoms with E-state index in [0.29, 0.717) is 73.1 Å². The van der Waals surface area contributed by atoms with Crippen molar-refractivity contribution in [2.24, 2.45) is 5.41 Å². The number of nitrogens with zero attached hydrogens (tertiary/aromatic N) is 6. The fourth-order valence-electron chi connectivity index (χ4n) is 7.21. The maximum absolute atomic E-state index is 13.9. The molecule has 1 unspecified atom stereocenters. The Morgan fingerprint density at radius 3 is 2.33 bits per heavy atom. The molecule has 1 aromatic carbocycles. The summed E-state index contributed by atoms with van der Waals surface area (Å²) in [6, 6.07) is 3.08. The number of ether oxygens (including phenoxy) is 1. The zero-order valence-corrected chi connectivity index (χ0v) is 28.0. The Kier molecular flexibility index (Phi) is 7.46. The summed E-state index contributed by atoms with van der Waals surface area (Å²) in [5.74, 6) is -2.40. The van der Waals surface area contributed by atoms with Crippen LogP contribution in [-0.2, 0) is 10.0 Å². The smallest absolute Gasteiger partial charge is 0.291 e. The highest BCUT2D eigenvalue weighted by Gasteiger charge is 2.57. The van der Waals surface area contributed by atoms with Crippen molar-refractivity contribution in [1.82, 2.24) is 29.6 Å². The van der Waals surface area contributed by atoms with Gasteiger partial charge in [-0.25, -0.2) is 35.4 Å². The quantitative estimate of drug-likeness (QED) is 0.292. The number of likely N-dealkylation sites (tertiary alicyclic amines) is 1. The number of alkyl halides is 4. The number of sulfonamides is 1. The third-order valence-corrected chi connectivity index (χ3v) is 13.0. The van der Waals surface area contributed by atoms with Gasteiger partial charge in [-0.2, -0.15) is 0 Å². The van der Waals surface area contributed by atoms with Crippen molar-refractivity contribution in [3.05, 3.63) is 17.1 Å². The molecule has 0 bridgehead atoms. The second-order valence-corrected chi connectivity index (χ2v) is 17.3. The Morgan fingerprint density at radius 1 is 1.04 bits per heavy atom. The monoisotopic (exact) mass is 685 g/mol. The fourth-order valence-corrected chi connectivity index (χ4v) is 9.38. The molecule has 46 heavy (non-hydrogen) atoms. The third-order valence-electron chi connectivity index (χ3n) is 10.4. The minimum Gasteiger partial charge on any atom is -0.473 e. The summed E-state index contributed by atoms with van der Waals surface area (Å²) in [4.78, 5) is 4.27. The number of benzene rings is 1. The SMILES string of the molecule is CN1CCC(Oc2nn(-c3nnc(C(F)F)s3)c3cc(S(=O)(=O)NC4(C)CC4)cc(N4CCC5(CC4)CC(F)(F)C5)c23)CC1(C)C. The normalized spacial score (nSPS) is 25.2. The first kappa shape index (κ1) is 32.0. The molecule has 0 radical (unpaired) electrons. The summed E-state index contributed by atoms with van der Waals surface area (Å²) in [6.45, 7) is 7.80. The van der Waals surface area contributed by atoms with Crippen LogP contribution < -0.4 is 14.4 Å². The van der Waals surface area contributed by atoms with Crippen LogP contribution in [0.5, 0.6) is 5.88 Å². The summed E-state index contributed by atoms with van der Waals surface area (Å²) in [5.41, 5.74) is -0.234. The van der Waals surface area contributed by atoms with Crippen molar-refractivity contribution in [2.75, 3.05) is 31.6 Å². The molecule has 7 rings (SSSR count). The summed E-state index contributed by atoms with van der Waals surface area (Å²) in [7, 11) is -1.94. The summed E-state index contributed by atoms with van der Waals surface area (Å²) in [6.07, 6.45) is 0.624. The van der Waals surface area contributed by atoms with E-state index in [0.717, 1.165) is 13.0 Å². The molecule has 2 aliphatic heterocycles. The molecule has 0 amide bonds. The minimum absolute atomic E-state index is 0.00897. The van der Waals surface area contributed by atoms with Crippen LogP contribution in [0, 0.1) is 5.41 Å². The molecule has 10 nitrogen and oxygen atoms in total. The van der Waals surface area contributed by atoms with Crippen LogP contribution in [0.3, 0.4) is 0 Å². The lowest BCUT2D eigenvalue weighted by molar-refractivity contribution is -0.168. The first-order chi connectivity index (χ1) is 21.5. The van der Waals surface area contributed by atoms with Gasteiger partial charge in [0.1, 0.15) is 6.10 Å². The number of hydrogen-bond acceptors (Lipinski definition) is 9. The highest BCUT2D eigenvalue weighted by atomic mass is 32.2. The summed E-state index contributed by atoms with van der Waals surface area (Å²) < 4.78 is 93.3. The molecule has 1 atom stereocenters. The maximum atomic E-state index is 13.9. The zero-order chi connectivity index (χ0) is 32.9. The number of hydrogen-bond donors (Lipinski definition) is 1. The first-order valence-electron chi connectivity index (χ1n) is 15.7. The molecule has 2 aliphatic carbocycles. The average Bonchev–Trinajstić information content (AvgIpc) is 3.32. The highest BCUT2D eigenvalue weighted by Crippen LogP contribution is 2.58. The van der Waals surface area contributed by atoms with Gasteiger partial charge in [0.25, 0.3) is 6.43 Å². The molecular weight excluding hydrogens is 647 g/mol. The molecule has 2 saturated heterocycles. The lowest BCUT2D eigenvalue weighted by Crippen LogP contribution is -2.52. The van der Waals surface area contributed by atoms with Crippen LogP contribution in [0.4, 0.5) is 23.2 Å². The Morgan fingerprint density at radius 2 is 1.74 bits per heavy atom. The first-order valence-corrected chi connectivity index (χ1v) is 18.0. The van der Waals surface area contributed by atoms with E-state index in [2.05, 4.69) is 40.7 Å². The van der Waals surface area contributed by atoms with Crippen molar-refractivity contribution >= 4 is 38.0 Å². The molecule has 3 aromatic rings. The highest BCUT2D eigenvalue weighted by molar-refractivity contribution is 7.89. The summed E-state index contributed by atoms with van der Waals surface area (Å²) >= 11 is 0.670. The van der Waals surface area contributed by atoms with Crippen molar-refractivity contribution in [1.29, 1.82) is 0 Å². The van der Waals surface area contributed by atoms with E-state index in [9.17, 15) is 26.0 Å². The van der Waals surface area contributed by atoms with Gasteiger partial charge in [0.15, 0.2) is 5.01 Å². The molecule has 2 aromatic heterocycles. The molecule has 4 heterocycles. The van der Waals surface area contributed by atoms with E-state index in [4.69, 9.17) is 9.84 Å². The van der Waals surface area contributed by atoms with Gasteiger partial charge >= 0.3 is 0 Å². The van der Waals surface area contributed by atoms with Gasteiger partial charge in [-0.1, -0.05) is 11.3 Å². The van der Waals surface area contributed by atoms with E-state index in [1.807, 2.05) is 11.8 Å². The van der Waals surface area contributed by atoms with Crippen LogP contribution in [0.15, 0.2) is 17.0 Å². The van der Waals surface area contributed by atoms with Gasteiger partial charge in [0.2, 0.25) is 27.0 Å². The Bertz CT molecular complexity index is 1750. The molecule has 1 N–H and O–H groups in total. The number of anilines is 1. The number of fused-ring (bicyclic) bond motifs is 1. The van der Waals surface area contributed by atoms with Gasteiger partial charge in [0.05, 0.1) is 21.5 Å². The lowest BCUT2D eigenvalue weighted by Gasteiger charge is -2.52. The average molecular weight is 686 g/mol. The molecular formula is C30H39F4N7O3S2. The maximum Gasteiger partial charge on any atom is 0.291 e. The predicted molar refractivity (Wildman–Crippen MR) is 166 cm³/mol. The lowest BCUT2D eigenvalue weighted by atomic mass is 9.61. The van der Waals surface area contributed by atoms with Crippen molar-refractivity contribution in [2.45, 2.75) is 107 Å². The van der Waals surface area contributed by atoms with Gasteiger partial charge < -0.3 is 14.5 Å². The number of halogens is 4. The van der Waals surface area contributed by atoms with E-state index >= 15 is 0 Å². The third kappa shape index (κ3) is 5.87. The fraction of sp³-hybridized carbons (Fsp3) is 0.700. The molecule has 2 saturated carbocycles. The zero-order valence-electron chi connectivity index (χ0n) is 26.3. The van der Waals surface area contributed by atoms with Crippen LogP contribution in [0.2, 0.25) is 0 Å². The standard InChI is InChI=1S/C30H39F4N7O3S2/c1-27(2)15-18(5-10-39(27)4)44-24-22-20(40-11-8-29(9-12-40)16-30(33,34)17-29)13-19(46(42,43)38-28(3)6-7-28)14-21(22)41(37-24)26-36-35-25(45-26)23(31)32/h13-14,18,23,38H,5-12,15-17H2,1-4H3. The van der Waals surface area contributed by atoms with E-state index in [1.54, 1.807) is 6.07 Å². The second-order valence-electron chi connectivity index (χ2n) is 14.6. The molecule has 16 heteroatoms. The molecule has 4 aliphatic rings. The van der Waals surface area contributed by atoms with Crippen molar-refractivity contribution < 1.29 is 30.7 Å². The van der Waals surface area contributed by atoms with Crippen LogP contribution >= 0.6 is 11.3 Å². The predicted octanol–water partition coefficient (Wildman–Crippen LogP) is 5.91. The van der Waals surface area contributed by atoms with Crippen LogP contribution in [0.1, 0.15) is 83.6 Å². The Balaban J connectivity index is 1.36. The molecule has 4 fully saturated rings.